The maximum Gasteiger partial charge on any atom is 0.343 e. The zero-order valence-electron chi connectivity index (χ0n) is 16.4. The average molecular weight is 388 g/mol. The van der Waals surface area contributed by atoms with Crippen molar-refractivity contribution in [2.75, 3.05) is 21.3 Å². The molecule has 0 atom stereocenters. The van der Waals surface area contributed by atoms with Gasteiger partial charge in [0.05, 0.1) is 32.5 Å². The summed E-state index contributed by atoms with van der Waals surface area (Å²) in [6.07, 6.45) is 3.50. The second-order valence-corrected chi connectivity index (χ2v) is 6.47. The maximum absolute atomic E-state index is 12.6. The van der Waals surface area contributed by atoms with Crippen LogP contribution in [0.25, 0.3) is 22.6 Å². The first-order chi connectivity index (χ1) is 14.1. The topological polar surface area (TPSA) is 54.0 Å². The van der Waals surface area contributed by atoms with E-state index in [0.717, 1.165) is 16.3 Å². The molecule has 1 aliphatic heterocycles. The Bertz CT molecular complexity index is 1160. The van der Waals surface area contributed by atoms with Crippen LogP contribution in [0.5, 0.6) is 17.2 Å². The van der Waals surface area contributed by atoms with Crippen molar-refractivity contribution in [1.82, 2.24) is 0 Å². The van der Waals surface area contributed by atoms with E-state index in [4.69, 9.17) is 18.9 Å². The van der Waals surface area contributed by atoms with Crippen molar-refractivity contribution in [3.8, 4) is 17.2 Å². The highest BCUT2D eigenvalue weighted by molar-refractivity contribution is 6.07. The minimum Gasteiger partial charge on any atom is -0.497 e. The second kappa shape index (κ2) is 7.72. The van der Waals surface area contributed by atoms with Gasteiger partial charge in [0.1, 0.15) is 23.0 Å². The van der Waals surface area contributed by atoms with Crippen LogP contribution in [0, 0.1) is 0 Å². The monoisotopic (exact) mass is 388 g/mol. The summed E-state index contributed by atoms with van der Waals surface area (Å²) in [5, 5.41) is 2.05. The normalized spacial score (nSPS) is 14.7. The van der Waals surface area contributed by atoms with E-state index >= 15 is 0 Å². The molecule has 0 bridgehead atoms. The third-order valence-corrected chi connectivity index (χ3v) is 4.85. The zero-order chi connectivity index (χ0) is 20.4. The van der Waals surface area contributed by atoms with Gasteiger partial charge in [-0.3, -0.25) is 0 Å². The summed E-state index contributed by atoms with van der Waals surface area (Å²) in [6, 6.07) is 17.2. The Morgan fingerprint density at radius 1 is 0.862 bits per heavy atom. The number of fused-ring (bicyclic) bond motifs is 1. The molecule has 1 heterocycles. The number of rotatable bonds is 5. The number of carbonyl (C=O) groups excluding carboxylic acids is 1. The lowest BCUT2D eigenvalue weighted by Crippen LogP contribution is -1.99. The Hall–Kier alpha value is -3.73. The fourth-order valence-corrected chi connectivity index (χ4v) is 3.39. The van der Waals surface area contributed by atoms with Gasteiger partial charge in [-0.25, -0.2) is 4.79 Å². The molecular weight excluding hydrogens is 368 g/mol. The highest BCUT2D eigenvalue weighted by Gasteiger charge is 2.25. The van der Waals surface area contributed by atoms with Gasteiger partial charge in [0, 0.05) is 5.56 Å². The molecule has 4 rings (SSSR count). The number of carbonyl (C=O) groups is 1. The number of methoxy groups -OCH3 is 3. The fourth-order valence-electron chi connectivity index (χ4n) is 3.39. The molecule has 3 aromatic carbocycles. The number of cyclic esters (lactones) is 1. The molecule has 0 spiro atoms. The summed E-state index contributed by atoms with van der Waals surface area (Å²) in [7, 11) is 4.76. The van der Waals surface area contributed by atoms with Gasteiger partial charge in [-0.05, 0) is 47.2 Å². The van der Waals surface area contributed by atoms with E-state index in [1.807, 2.05) is 36.4 Å². The van der Waals surface area contributed by atoms with Crippen LogP contribution in [0.15, 0.2) is 66.2 Å². The Kier molecular flexibility index (Phi) is 4.96. The third kappa shape index (κ3) is 3.43. The molecule has 29 heavy (non-hydrogen) atoms. The predicted octanol–water partition coefficient (Wildman–Crippen LogP) is 4.85. The molecule has 3 aromatic rings. The first-order valence-electron chi connectivity index (χ1n) is 9.08. The molecule has 1 aliphatic rings. The SMILES string of the molecule is COc1ccc(OC)c(C2=C/C(=C\c3c(OC)ccc4ccccc34)C(=O)O2)c1. The Morgan fingerprint density at radius 2 is 1.62 bits per heavy atom. The van der Waals surface area contributed by atoms with Gasteiger partial charge in [-0.1, -0.05) is 30.3 Å². The van der Waals surface area contributed by atoms with Crippen LogP contribution in [-0.4, -0.2) is 27.3 Å². The average Bonchev–Trinajstić information content (AvgIpc) is 3.13. The van der Waals surface area contributed by atoms with Gasteiger partial charge in [-0.15, -0.1) is 0 Å². The van der Waals surface area contributed by atoms with Crippen LogP contribution in [0.3, 0.4) is 0 Å². The van der Waals surface area contributed by atoms with Crippen molar-refractivity contribution < 1.29 is 23.7 Å². The first-order valence-corrected chi connectivity index (χ1v) is 9.08. The van der Waals surface area contributed by atoms with Crippen molar-refractivity contribution in [2.45, 2.75) is 0 Å². The standard InChI is InChI=1S/C24H20O5/c1-26-17-9-11-22(28-3)20(14-17)23-13-16(24(25)29-23)12-19-18-7-5-4-6-15(18)8-10-21(19)27-2/h4-14H,1-3H3/b16-12+. The molecule has 0 saturated heterocycles. The predicted molar refractivity (Wildman–Crippen MR) is 112 cm³/mol. The first kappa shape index (κ1) is 18.6. The summed E-state index contributed by atoms with van der Waals surface area (Å²) in [6.45, 7) is 0. The maximum atomic E-state index is 12.6. The molecule has 5 heteroatoms. The molecular formula is C24H20O5. The van der Waals surface area contributed by atoms with Crippen LogP contribution < -0.4 is 14.2 Å². The van der Waals surface area contributed by atoms with E-state index in [0.29, 0.717) is 34.1 Å². The van der Waals surface area contributed by atoms with E-state index in [9.17, 15) is 4.79 Å². The number of benzene rings is 3. The second-order valence-electron chi connectivity index (χ2n) is 6.47. The van der Waals surface area contributed by atoms with Gasteiger partial charge in [0.2, 0.25) is 0 Å². The Balaban J connectivity index is 1.84. The van der Waals surface area contributed by atoms with Crippen molar-refractivity contribution in [3.05, 3.63) is 77.4 Å². The van der Waals surface area contributed by atoms with E-state index in [2.05, 4.69) is 0 Å². The minimum absolute atomic E-state index is 0.413. The molecule has 0 radical (unpaired) electrons. The van der Waals surface area contributed by atoms with Crippen LogP contribution in [0.4, 0.5) is 0 Å². The third-order valence-electron chi connectivity index (χ3n) is 4.85. The highest BCUT2D eigenvalue weighted by Crippen LogP contribution is 2.37. The van der Waals surface area contributed by atoms with Crippen LogP contribution in [0.1, 0.15) is 11.1 Å². The van der Waals surface area contributed by atoms with Gasteiger partial charge < -0.3 is 18.9 Å². The lowest BCUT2D eigenvalue weighted by Gasteiger charge is -2.10. The zero-order valence-corrected chi connectivity index (χ0v) is 16.4. The molecule has 0 aliphatic carbocycles. The number of ether oxygens (including phenoxy) is 4. The molecule has 0 N–H and O–H groups in total. The molecule has 0 amide bonds. The summed E-state index contributed by atoms with van der Waals surface area (Å²) in [5.41, 5.74) is 1.90. The molecule has 0 fully saturated rings. The van der Waals surface area contributed by atoms with E-state index in [-0.39, 0.29) is 0 Å². The quantitative estimate of drug-likeness (QED) is 0.462. The van der Waals surface area contributed by atoms with Gasteiger partial charge in [-0.2, -0.15) is 0 Å². The number of hydrogen-bond acceptors (Lipinski definition) is 5. The van der Waals surface area contributed by atoms with Crippen LogP contribution in [-0.2, 0) is 9.53 Å². The number of hydrogen-bond donors (Lipinski definition) is 0. The smallest absolute Gasteiger partial charge is 0.343 e. The molecule has 0 aromatic heterocycles. The van der Waals surface area contributed by atoms with Gasteiger partial charge in [0.25, 0.3) is 0 Å². The lowest BCUT2D eigenvalue weighted by atomic mass is 10.0. The summed E-state index contributed by atoms with van der Waals surface area (Å²) >= 11 is 0. The molecule has 0 unspecified atom stereocenters. The minimum atomic E-state index is -0.431. The van der Waals surface area contributed by atoms with Crippen LogP contribution >= 0.6 is 0 Å². The fraction of sp³-hybridized carbons (Fsp3) is 0.125. The van der Waals surface area contributed by atoms with E-state index in [1.54, 1.807) is 51.7 Å². The van der Waals surface area contributed by atoms with Crippen molar-refractivity contribution in [2.24, 2.45) is 0 Å². The largest absolute Gasteiger partial charge is 0.497 e. The Labute approximate surface area is 168 Å². The van der Waals surface area contributed by atoms with Crippen molar-refractivity contribution >= 4 is 28.6 Å². The van der Waals surface area contributed by atoms with Gasteiger partial charge in [0.15, 0.2) is 0 Å². The van der Waals surface area contributed by atoms with Crippen LogP contribution in [0.2, 0.25) is 0 Å². The summed E-state index contributed by atoms with van der Waals surface area (Å²) < 4.78 is 21.8. The summed E-state index contributed by atoms with van der Waals surface area (Å²) in [5.74, 6) is 1.90. The van der Waals surface area contributed by atoms with Crippen molar-refractivity contribution in [3.63, 3.8) is 0 Å². The van der Waals surface area contributed by atoms with Gasteiger partial charge >= 0.3 is 5.97 Å². The van der Waals surface area contributed by atoms with E-state index in [1.165, 1.54) is 0 Å². The lowest BCUT2D eigenvalue weighted by molar-refractivity contribution is -0.130. The molecule has 5 nitrogen and oxygen atoms in total. The van der Waals surface area contributed by atoms with Crippen molar-refractivity contribution in [1.29, 1.82) is 0 Å². The summed E-state index contributed by atoms with van der Waals surface area (Å²) in [4.78, 5) is 12.6. The molecule has 0 saturated carbocycles. The Morgan fingerprint density at radius 3 is 2.38 bits per heavy atom. The highest BCUT2D eigenvalue weighted by atomic mass is 16.5. The number of esters is 1. The van der Waals surface area contributed by atoms with E-state index < -0.39 is 5.97 Å². The molecule has 146 valence electrons.